The van der Waals surface area contributed by atoms with E-state index in [2.05, 4.69) is 14.8 Å². The quantitative estimate of drug-likeness (QED) is 0.0639. The maximum absolute atomic E-state index is 12.5. The summed E-state index contributed by atoms with van der Waals surface area (Å²) >= 11 is 0. The highest BCUT2D eigenvalue weighted by Crippen LogP contribution is 2.35. The van der Waals surface area contributed by atoms with Crippen molar-refractivity contribution < 1.29 is 136 Å². The van der Waals surface area contributed by atoms with Crippen molar-refractivity contribution in [1.82, 2.24) is 10.6 Å². The van der Waals surface area contributed by atoms with Crippen LogP contribution in [0.15, 0.2) is 0 Å². The molecule has 30 nitrogen and oxygen atoms in total. The Hall–Kier alpha value is -2.07. The molecule has 16 N–H and O–H groups in total. The number of carbonyl (C=O) groups is 2. The Morgan fingerprint density at radius 3 is 1.57 bits per heavy atom. The molecule has 5 unspecified atom stereocenters. The Kier molecular flexibility index (Phi) is 18.7. The molecule has 31 heteroatoms. The van der Waals surface area contributed by atoms with Gasteiger partial charge in [0, 0.05) is 13.8 Å². The third kappa shape index (κ3) is 12.6. The Labute approximate surface area is 368 Å². The van der Waals surface area contributed by atoms with E-state index in [0.717, 1.165) is 13.8 Å². The van der Waals surface area contributed by atoms with Gasteiger partial charge in [0.25, 0.3) is 0 Å². The van der Waals surface area contributed by atoms with E-state index in [-0.39, 0.29) is 0 Å². The zero-order chi connectivity index (χ0) is 48.4. The molecule has 5 fully saturated rings. The lowest BCUT2D eigenvalue weighted by molar-refractivity contribution is -0.383. The number of hydrogen-bond acceptors (Lipinski definition) is 27. The molecule has 0 saturated carbocycles. The molecule has 0 aromatic carbocycles. The van der Waals surface area contributed by atoms with Gasteiger partial charge in [-0.1, -0.05) is 0 Å². The van der Waals surface area contributed by atoms with Crippen LogP contribution in [0, 0.1) is 0 Å². The van der Waals surface area contributed by atoms with Crippen LogP contribution in [-0.4, -0.2) is 271 Å². The van der Waals surface area contributed by atoms with E-state index in [1.807, 2.05) is 0 Å². The standard InChI is InChI=1S/C34H58N2O28S/c1-8-17(41)22(46)25(49)32(57-8)64-29-24(48)19(43)12(5-38)60-34(29)62-27-14(7-56-65(52,53)54)61-31(15(21(27)45)35-9(2)39)55-6-13-20(44)28(16(30(51)58-13)36-10(3)40)63-33-26(50)23(47)18(42)11(4-37)59-33/h8,11-34,37-38,41-51H,4-7H2,1-3H3,(H,35,39)(H,36,40)(H,52,53,54)/t8-,11+,12+,13+,14+,15+,16+,17+,18-,19-,20-,21+,22+,23-,24-,25-,26+,27+,28+,29+,30?,31?,32?,33?,34?/m0/s1. The normalized spacial score (nSPS) is 47.5. The first-order chi connectivity index (χ1) is 30.4. The fourth-order valence-corrected chi connectivity index (χ4v) is 8.10. The molecule has 378 valence electrons. The summed E-state index contributed by atoms with van der Waals surface area (Å²) in [5.41, 5.74) is 0. The lowest BCUT2D eigenvalue weighted by Gasteiger charge is -2.49. The summed E-state index contributed by atoms with van der Waals surface area (Å²) in [5.74, 6) is -1.64. The average molecular weight is 975 g/mol. The molecule has 0 aromatic rings. The molecule has 5 saturated heterocycles. The first-order valence-corrected chi connectivity index (χ1v) is 21.5. The molecular weight excluding hydrogens is 916 g/mol. The third-order valence-electron chi connectivity index (χ3n) is 11.3. The van der Waals surface area contributed by atoms with E-state index in [9.17, 15) is 88.9 Å². The summed E-state index contributed by atoms with van der Waals surface area (Å²) in [7, 11) is -5.29. The minimum Gasteiger partial charge on any atom is -0.394 e. The Bertz CT molecular complexity index is 1670. The SMILES string of the molecule is CC(=O)N[C@H]1C(OC[C@H]2OC(O)[C@H](NC(C)=O)[C@@H](OC3O[C@H](CO)[C@H](O)[C@H](O)[C@H]3O)[C@H]2O)O[C@H](COS(=O)(=O)O)[C@@H](OC2O[C@H](CO)[C@H](O)[C@H](O)[C@H]2OC2O[C@@H](C)[C@@H](O)[C@@H](O)[C@@H]2O)[C@@H]1O. The number of aliphatic hydroxyl groups excluding tert-OH is 13. The largest absolute Gasteiger partial charge is 0.397 e. The molecule has 25 atom stereocenters. The van der Waals surface area contributed by atoms with Crippen molar-refractivity contribution in [2.75, 3.05) is 26.4 Å². The van der Waals surface area contributed by atoms with Gasteiger partial charge in [-0.05, 0) is 6.92 Å². The van der Waals surface area contributed by atoms with Gasteiger partial charge in [0.05, 0.1) is 32.5 Å². The molecule has 5 aliphatic heterocycles. The minimum atomic E-state index is -5.29. The molecule has 65 heavy (non-hydrogen) atoms. The van der Waals surface area contributed by atoms with Gasteiger partial charge >= 0.3 is 10.4 Å². The maximum atomic E-state index is 12.5. The van der Waals surface area contributed by atoms with Gasteiger partial charge in [-0.25, -0.2) is 4.18 Å². The predicted molar refractivity (Wildman–Crippen MR) is 199 cm³/mol. The number of ether oxygens (including phenoxy) is 9. The van der Waals surface area contributed by atoms with E-state index in [4.69, 9.17) is 42.6 Å². The van der Waals surface area contributed by atoms with Crippen molar-refractivity contribution in [3.8, 4) is 0 Å². The van der Waals surface area contributed by atoms with E-state index in [0.29, 0.717) is 0 Å². The number of carbonyl (C=O) groups excluding carboxylic acids is 2. The lowest BCUT2D eigenvalue weighted by Crippen LogP contribution is -2.69. The van der Waals surface area contributed by atoms with Crippen LogP contribution in [0.3, 0.4) is 0 Å². The van der Waals surface area contributed by atoms with E-state index < -0.39 is 202 Å². The van der Waals surface area contributed by atoms with Crippen LogP contribution in [0.5, 0.6) is 0 Å². The molecule has 0 spiro atoms. The topological polar surface area (TPSA) is 468 Å². The Morgan fingerprint density at radius 2 is 1.00 bits per heavy atom. The smallest absolute Gasteiger partial charge is 0.394 e. The minimum absolute atomic E-state index is 0.776. The third-order valence-corrected chi connectivity index (χ3v) is 11.7. The fourth-order valence-electron chi connectivity index (χ4n) is 7.80. The van der Waals surface area contributed by atoms with Crippen LogP contribution in [-0.2, 0) is 66.8 Å². The second-order valence-corrected chi connectivity index (χ2v) is 17.1. The van der Waals surface area contributed by atoms with Gasteiger partial charge in [0.1, 0.15) is 116 Å². The zero-order valence-corrected chi connectivity index (χ0v) is 35.5. The van der Waals surface area contributed by atoms with Gasteiger partial charge in [-0.3, -0.25) is 14.1 Å². The van der Waals surface area contributed by atoms with Crippen molar-refractivity contribution >= 4 is 22.2 Å². The number of hydrogen-bond donors (Lipinski definition) is 16. The van der Waals surface area contributed by atoms with Crippen LogP contribution in [0.1, 0.15) is 20.8 Å². The molecule has 2 amide bonds. The average Bonchev–Trinajstić information content (AvgIpc) is 3.24. The zero-order valence-electron chi connectivity index (χ0n) is 34.6. The highest BCUT2D eigenvalue weighted by Gasteiger charge is 2.56. The van der Waals surface area contributed by atoms with Crippen LogP contribution in [0.2, 0.25) is 0 Å². The van der Waals surface area contributed by atoms with E-state index in [1.165, 1.54) is 6.92 Å². The van der Waals surface area contributed by atoms with Crippen molar-refractivity contribution in [1.29, 1.82) is 0 Å². The maximum Gasteiger partial charge on any atom is 0.397 e. The van der Waals surface area contributed by atoms with E-state index in [1.54, 1.807) is 0 Å². The summed E-state index contributed by atoms with van der Waals surface area (Å²) in [6.45, 7) is -0.636. The molecule has 5 aliphatic rings. The number of amides is 2. The van der Waals surface area contributed by atoms with Gasteiger partial charge in [0.2, 0.25) is 11.8 Å². The molecule has 5 rings (SSSR count). The fraction of sp³-hybridized carbons (Fsp3) is 0.941. The van der Waals surface area contributed by atoms with Crippen LogP contribution in [0.4, 0.5) is 0 Å². The second-order valence-electron chi connectivity index (χ2n) is 16.0. The Morgan fingerprint density at radius 1 is 0.508 bits per heavy atom. The monoisotopic (exact) mass is 974 g/mol. The number of aliphatic hydroxyl groups is 13. The van der Waals surface area contributed by atoms with Gasteiger partial charge < -0.3 is 120 Å². The van der Waals surface area contributed by atoms with Gasteiger partial charge in [-0.2, -0.15) is 8.42 Å². The summed E-state index contributed by atoms with van der Waals surface area (Å²) in [6, 6.07) is -3.40. The molecule has 0 radical (unpaired) electrons. The second kappa shape index (κ2) is 22.6. The first-order valence-electron chi connectivity index (χ1n) is 20.1. The van der Waals surface area contributed by atoms with Crippen LogP contribution >= 0.6 is 0 Å². The van der Waals surface area contributed by atoms with Gasteiger partial charge in [0.15, 0.2) is 31.5 Å². The summed E-state index contributed by atoms with van der Waals surface area (Å²) in [4.78, 5) is 24.6. The van der Waals surface area contributed by atoms with Gasteiger partial charge in [-0.15, -0.1) is 0 Å². The predicted octanol–water partition coefficient (Wildman–Crippen LogP) is -10.8. The molecule has 5 heterocycles. The molecule has 0 aromatic heterocycles. The lowest BCUT2D eigenvalue weighted by atomic mass is 9.94. The molecule has 0 aliphatic carbocycles. The molecule has 0 bridgehead atoms. The van der Waals surface area contributed by atoms with Crippen molar-refractivity contribution in [2.24, 2.45) is 0 Å². The number of nitrogens with one attached hydrogen (secondary N) is 2. The van der Waals surface area contributed by atoms with E-state index >= 15 is 0 Å². The van der Waals surface area contributed by atoms with Crippen LogP contribution in [0.25, 0.3) is 0 Å². The van der Waals surface area contributed by atoms with Crippen molar-refractivity contribution in [2.45, 2.75) is 174 Å². The first kappa shape index (κ1) is 53.9. The van der Waals surface area contributed by atoms with Crippen molar-refractivity contribution in [3.05, 3.63) is 0 Å². The Balaban J connectivity index is 1.41. The summed E-state index contributed by atoms with van der Waals surface area (Å²) in [5, 5.41) is 142. The van der Waals surface area contributed by atoms with Crippen molar-refractivity contribution in [3.63, 3.8) is 0 Å². The number of rotatable bonds is 16. The summed E-state index contributed by atoms with van der Waals surface area (Å²) in [6.07, 6.45) is -42.8. The highest BCUT2D eigenvalue weighted by molar-refractivity contribution is 7.80. The summed E-state index contributed by atoms with van der Waals surface area (Å²) < 4.78 is 88.3. The molecular formula is C34H58N2O28S. The highest BCUT2D eigenvalue weighted by atomic mass is 32.3. The van der Waals surface area contributed by atoms with Crippen LogP contribution < -0.4 is 10.6 Å².